The van der Waals surface area contributed by atoms with E-state index < -0.39 is 0 Å². The van der Waals surface area contributed by atoms with E-state index in [0.29, 0.717) is 5.82 Å². The van der Waals surface area contributed by atoms with Crippen molar-refractivity contribution in [2.24, 2.45) is 0 Å². The molecule has 1 aromatic rings. The van der Waals surface area contributed by atoms with Gasteiger partial charge in [0.05, 0.1) is 6.61 Å². The first kappa shape index (κ1) is 13.5. The van der Waals surface area contributed by atoms with Crippen LogP contribution in [-0.2, 0) is 6.54 Å². The molecule has 1 aliphatic heterocycles. The smallest absolute Gasteiger partial charge is 0.212 e. The second kappa shape index (κ2) is 6.84. The van der Waals surface area contributed by atoms with Gasteiger partial charge in [-0.15, -0.1) is 0 Å². The van der Waals surface area contributed by atoms with Gasteiger partial charge in [0.2, 0.25) is 7.41 Å². The molecule has 0 N–H and O–H groups in total. The van der Waals surface area contributed by atoms with Gasteiger partial charge in [0.15, 0.2) is 0 Å². The fourth-order valence-electron chi connectivity index (χ4n) is 2.43. The Kier molecular flexibility index (Phi) is 5.12. The second-order valence-corrected chi connectivity index (χ2v) is 5.20. The maximum atomic E-state index is 5.78. The normalized spacial score (nSPS) is 17.4. The Morgan fingerprint density at radius 2 is 2.22 bits per heavy atom. The number of ether oxygens (including phenoxy) is 1. The van der Waals surface area contributed by atoms with E-state index in [1.807, 2.05) is 6.07 Å². The minimum Gasteiger partial charge on any atom is -0.492 e. The Morgan fingerprint density at radius 3 is 3.06 bits per heavy atom. The largest absolute Gasteiger partial charge is 0.492 e. The molecule has 3 heteroatoms. The molecule has 0 saturated heterocycles. The molecule has 0 saturated carbocycles. The average Bonchev–Trinajstić information content (AvgIpc) is 2.57. The van der Waals surface area contributed by atoms with Gasteiger partial charge in [0.1, 0.15) is 5.75 Å². The number of benzene rings is 1. The molecule has 1 radical (unpaired) electrons. The number of fused-ring (bicyclic) bond motifs is 1. The Labute approximate surface area is 112 Å². The fourth-order valence-corrected chi connectivity index (χ4v) is 2.43. The molecule has 97 valence electrons. The summed E-state index contributed by atoms with van der Waals surface area (Å²) in [6.07, 6.45) is 3.89. The molecule has 1 aromatic carbocycles. The van der Waals surface area contributed by atoms with Crippen LogP contribution in [0.3, 0.4) is 0 Å². The molecule has 2 nitrogen and oxygen atoms in total. The van der Waals surface area contributed by atoms with Crippen LogP contribution in [0.1, 0.15) is 38.7 Å². The molecular weight excluding hydrogens is 221 g/mol. The molecule has 1 heterocycles. The number of hydrogen-bond acceptors (Lipinski definition) is 2. The lowest BCUT2D eigenvalue weighted by atomic mass is 9.72. The zero-order valence-corrected chi connectivity index (χ0v) is 11.6. The Hall–Kier alpha value is -0.955. The average molecular weight is 244 g/mol. The maximum absolute atomic E-state index is 5.78. The summed E-state index contributed by atoms with van der Waals surface area (Å²) in [7, 11) is 2.39. The summed E-state index contributed by atoms with van der Waals surface area (Å²) in [5.74, 6) is 1.71. The second-order valence-electron chi connectivity index (χ2n) is 5.20. The van der Waals surface area contributed by atoms with Crippen LogP contribution in [0.5, 0.6) is 5.75 Å². The number of hydrogen-bond donors (Lipinski definition) is 0. The Bertz CT molecular complexity index is 369. The van der Waals surface area contributed by atoms with Gasteiger partial charge in [-0.3, -0.25) is 0 Å². The quantitative estimate of drug-likeness (QED) is 0.735. The summed E-state index contributed by atoms with van der Waals surface area (Å²) in [4.78, 5) is 2.41. The highest BCUT2D eigenvalue weighted by atomic mass is 16.5. The first-order valence-corrected chi connectivity index (χ1v) is 7.09. The van der Waals surface area contributed by atoms with Crippen molar-refractivity contribution in [3.8, 4) is 5.75 Å². The summed E-state index contributed by atoms with van der Waals surface area (Å²) in [5.41, 5.74) is 1.30. The van der Waals surface area contributed by atoms with Gasteiger partial charge in [-0.2, -0.15) is 0 Å². The molecule has 0 spiro atoms. The summed E-state index contributed by atoms with van der Waals surface area (Å²) in [5, 5.41) is 0. The van der Waals surface area contributed by atoms with E-state index in [-0.39, 0.29) is 0 Å². The molecule has 2 rings (SSSR count). The van der Waals surface area contributed by atoms with Crippen LogP contribution >= 0.6 is 0 Å². The van der Waals surface area contributed by atoms with E-state index >= 15 is 0 Å². The van der Waals surface area contributed by atoms with E-state index in [1.165, 1.54) is 24.8 Å². The zero-order chi connectivity index (χ0) is 12.8. The SMILES string of the molecule is CCCCC(C)[B]N1CCOc2ccccc2C1. The monoisotopic (exact) mass is 244 g/mol. The molecular formula is C15H23BNO. The maximum Gasteiger partial charge on any atom is 0.212 e. The van der Waals surface area contributed by atoms with Crippen molar-refractivity contribution in [2.75, 3.05) is 13.2 Å². The van der Waals surface area contributed by atoms with Crippen LogP contribution in [0, 0.1) is 0 Å². The third-order valence-electron chi connectivity index (χ3n) is 3.46. The summed E-state index contributed by atoms with van der Waals surface area (Å²) in [6.45, 7) is 7.32. The van der Waals surface area contributed by atoms with Crippen molar-refractivity contribution in [3.63, 3.8) is 0 Å². The molecule has 0 bridgehead atoms. The lowest BCUT2D eigenvalue weighted by Gasteiger charge is -2.22. The van der Waals surface area contributed by atoms with Crippen molar-refractivity contribution >= 4 is 7.41 Å². The van der Waals surface area contributed by atoms with Crippen molar-refractivity contribution in [3.05, 3.63) is 29.8 Å². The molecule has 0 aliphatic carbocycles. The molecule has 18 heavy (non-hydrogen) atoms. The van der Waals surface area contributed by atoms with Crippen molar-refractivity contribution in [2.45, 2.75) is 45.5 Å². The van der Waals surface area contributed by atoms with Gasteiger partial charge in [0.25, 0.3) is 0 Å². The number of rotatable bonds is 5. The molecule has 1 unspecified atom stereocenters. The third-order valence-corrected chi connectivity index (χ3v) is 3.46. The van der Waals surface area contributed by atoms with Crippen molar-refractivity contribution in [1.82, 2.24) is 4.81 Å². The van der Waals surface area contributed by atoms with E-state index in [9.17, 15) is 0 Å². The van der Waals surface area contributed by atoms with Gasteiger partial charge < -0.3 is 9.55 Å². The van der Waals surface area contributed by atoms with E-state index in [0.717, 1.165) is 25.4 Å². The summed E-state index contributed by atoms with van der Waals surface area (Å²) < 4.78 is 5.78. The Morgan fingerprint density at radius 1 is 1.39 bits per heavy atom. The van der Waals surface area contributed by atoms with Gasteiger partial charge in [-0.25, -0.2) is 0 Å². The summed E-state index contributed by atoms with van der Waals surface area (Å²) in [6, 6.07) is 8.37. The Balaban J connectivity index is 1.91. The van der Waals surface area contributed by atoms with E-state index in [2.05, 4.69) is 44.3 Å². The van der Waals surface area contributed by atoms with Crippen molar-refractivity contribution < 1.29 is 4.74 Å². The molecule has 0 aromatic heterocycles. The fraction of sp³-hybridized carbons (Fsp3) is 0.600. The van der Waals surface area contributed by atoms with Gasteiger partial charge in [0, 0.05) is 18.7 Å². The van der Waals surface area contributed by atoms with E-state index in [1.54, 1.807) is 0 Å². The van der Waals surface area contributed by atoms with E-state index in [4.69, 9.17) is 4.74 Å². The molecule has 1 aliphatic rings. The highest BCUT2D eigenvalue weighted by molar-refractivity contribution is 6.33. The van der Waals surface area contributed by atoms with Gasteiger partial charge in [-0.05, 0) is 6.07 Å². The van der Waals surface area contributed by atoms with Crippen molar-refractivity contribution in [1.29, 1.82) is 0 Å². The number of nitrogens with zero attached hydrogens (tertiary/aromatic N) is 1. The minimum absolute atomic E-state index is 0.662. The molecule has 0 amide bonds. The predicted octanol–water partition coefficient (Wildman–Crippen LogP) is 3.50. The lowest BCUT2D eigenvalue weighted by Crippen LogP contribution is -2.31. The van der Waals surface area contributed by atoms with Crippen LogP contribution in [0.15, 0.2) is 24.3 Å². The van der Waals surface area contributed by atoms with Gasteiger partial charge in [-0.1, -0.05) is 57.1 Å². The van der Waals surface area contributed by atoms with Crippen LogP contribution in [0.2, 0.25) is 5.82 Å². The highest BCUT2D eigenvalue weighted by Gasteiger charge is 2.17. The highest BCUT2D eigenvalue weighted by Crippen LogP contribution is 2.23. The first-order valence-electron chi connectivity index (χ1n) is 7.09. The van der Waals surface area contributed by atoms with Crippen LogP contribution in [0.25, 0.3) is 0 Å². The van der Waals surface area contributed by atoms with Crippen LogP contribution in [-0.4, -0.2) is 25.4 Å². The lowest BCUT2D eigenvalue weighted by molar-refractivity contribution is 0.294. The molecule has 0 fully saturated rings. The standard InChI is InChI=1S/C15H23BNO/c1-3-4-7-13(2)16-17-10-11-18-15-9-6-5-8-14(15)12-17/h5-6,8-9,13H,3-4,7,10-12H2,1-2H3. The number of para-hydroxylation sites is 1. The summed E-state index contributed by atoms with van der Waals surface area (Å²) >= 11 is 0. The zero-order valence-electron chi connectivity index (χ0n) is 11.6. The number of unbranched alkanes of at least 4 members (excludes halogenated alkanes) is 1. The first-order chi connectivity index (χ1) is 8.79. The predicted molar refractivity (Wildman–Crippen MR) is 77.1 cm³/mol. The topological polar surface area (TPSA) is 12.5 Å². The third kappa shape index (κ3) is 3.77. The minimum atomic E-state index is 0.662. The van der Waals surface area contributed by atoms with Crippen LogP contribution < -0.4 is 4.74 Å². The molecule has 1 atom stereocenters. The van der Waals surface area contributed by atoms with Crippen LogP contribution in [0.4, 0.5) is 0 Å². The van der Waals surface area contributed by atoms with Gasteiger partial charge >= 0.3 is 0 Å².